The van der Waals surface area contributed by atoms with E-state index < -0.39 is 5.82 Å². The van der Waals surface area contributed by atoms with Crippen molar-refractivity contribution in [2.75, 3.05) is 13.2 Å². The molecule has 0 saturated heterocycles. The summed E-state index contributed by atoms with van der Waals surface area (Å²) in [5, 5.41) is 0. The molecule has 0 spiro atoms. The molecule has 0 aliphatic rings. The topological polar surface area (TPSA) is 44.8 Å². The zero-order chi connectivity index (χ0) is 18.9. The second-order valence-electron chi connectivity index (χ2n) is 5.93. The minimum atomic E-state index is -0.433. The molecule has 4 nitrogen and oxygen atoms in total. The van der Waals surface area contributed by atoms with Crippen LogP contribution in [0.2, 0.25) is 0 Å². The van der Waals surface area contributed by atoms with Crippen molar-refractivity contribution in [2.45, 2.75) is 40.2 Å². The number of ether oxygens (including phenoxy) is 3. The zero-order valence-corrected chi connectivity index (χ0v) is 15.5. The van der Waals surface area contributed by atoms with Gasteiger partial charge in [-0.05, 0) is 62.6 Å². The van der Waals surface area contributed by atoms with Crippen LogP contribution in [0, 0.1) is 5.82 Å². The Morgan fingerprint density at radius 3 is 2.12 bits per heavy atom. The second kappa shape index (κ2) is 9.80. The van der Waals surface area contributed by atoms with Crippen LogP contribution >= 0.6 is 0 Å². The molecule has 2 rings (SSSR count). The van der Waals surface area contributed by atoms with Crippen molar-refractivity contribution in [1.29, 1.82) is 0 Å². The summed E-state index contributed by atoms with van der Waals surface area (Å²) in [4.78, 5) is 11.0. The number of carbonyl (C=O) groups is 1. The van der Waals surface area contributed by atoms with E-state index in [9.17, 15) is 9.18 Å². The van der Waals surface area contributed by atoms with Crippen molar-refractivity contribution in [2.24, 2.45) is 0 Å². The molecule has 0 bridgehead atoms. The Hall–Kier alpha value is -2.56. The summed E-state index contributed by atoms with van der Waals surface area (Å²) in [6, 6.07) is 10.3. The second-order valence-corrected chi connectivity index (χ2v) is 5.93. The minimum Gasteiger partial charge on any atom is -0.494 e. The number of Topliss-reactive ketones (excluding diaryl/α,β-unsaturated/α-hetero) is 1. The lowest BCUT2D eigenvalue weighted by atomic mass is 10.1. The molecule has 0 aliphatic heterocycles. The maximum Gasteiger partial charge on any atom is 0.165 e. The molecule has 0 saturated carbocycles. The van der Waals surface area contributed by atoms with Gasteiger partial charge in [-0.1, -0.05) is 6.07 Å². The van der Waals surface area contributed by atoms with Crippen LogP contribution in [0.1, 0.15) is 38.3 Å². The Kier molecular flexibility index (Phi) is 7.45. The molecule has 26 heavy (non-hydrogen) atoms. The van der Waals surface area contributed by atoms with Gasteiger partial charge < -0.3 is 19.0 Å². The largest absolute Gasteiger partial charge is 0.494 e. The maximum absolute atomic E-state index is 14.2. The predicted octanol–water partition coefficient (Wildman–Crippen LogP) is 4.72. The molecule has 140 valence electrons. The Bertz CT molecular complexity index is 719. The molecule has 0 amide bonds. The van der Waals surface area contributed by atoms with E-state index in [1.807, 2.05) is 32.0 Å². The maximum atomic E-state index is 14.2. The lowest BCUT2D eigenvalue weighted by Crippen LogP contribution is -2.01. The van der Waals surface area contributed by atoms with E-state index in [1.165, 1.54) is 13.0 Å². The highest BCUT2D eigenvalue weighted by atomic mass is 19.1. The SMILES string of the molecule is CCOc1cc(COc2ccc(CCC(C)=O)cc2F)cc(OCC)c1. The first kappa shape index (κ1) is 19.8. The number of aryl methyl sites for hydroxylation is 1. The highest BCUT2D eigenvalue weighted by Crippen LogP contribution is 2.25. The van der Waals surface area contributed by atoms with Crippen LogP contribution in [-0.4, -0.2) is 19.0 Å². The van der Waals surface area contributed by atoms with Crippen LogP contribution < -0.4 is 14.2 Å². The fourth-order valence-electron chi connectivity index (χ4n) is 2.51. The van der Waals surface area contributed by atoms with E-state index in [2.05, 4.69) is 0 Å². The summed E-state index contributed by atoms with van der Waals surface area (Å²) in [7, 11) is 0. The summed E-state index contributed by atoms with van der Waals surface area (Å²) in [6.45, 7) is 6.64. The zero-order valence-electron chi connectivity index (χ0n) is 15.5. The van der Waals surface area contributed by atoms with Gasteiger partial charge in [-0.25, -0.2) is 4.39 Å². The fraction of sp³-hybridized carbons (Fsp3) is 0.381. The fourth-order valence-corrected chi connectivity index (χ4v) is 2.51. The van der Waals surface area contributed by atoms with E-state index >= 15 is 0 Å². The van der Waals surface area contributed by atoms with Gasteiger partial charge in [0.15, 0.2) is 11.6 Å². The average molecular weight is 360 g/mol. The average Bonchev–Trinajstić information content (AvgIpc) is 2.59. The Labute approximate surface area is 153 Å². The number of rotatable bonds is 10. The molecular formula is C21H25FO4. The molecule has 0 fully saturated rings. The molecule has 2 aromatic rings. The van der Waals surface area contributed by atoms with Crippen molar-refractivity contribution in [1.82, 2.24) is 0 Å². The standard InChI is InChI=1S/C21H25FO4/c1-4-24-18-10-17(11-19(13-18)25-5-2)14-26-21-9-8-16(12-20(21)22)7-6-15(3)23/h8-13H,4-7,14H2,1-3H3. The van der Waals surface area contributed by atoms with Crippen LogP contribution in [0.5, 0.6) is 17.2 Å². The van der Waals surface area contributed by atoms with Crippen LogP contribution in [0.3, 0.4) is 0 Å². The highest BCUT2D eigenvalue weighted by Gasteiger charge is 2.08. The van der Waals surface area contributed by atoms with Gasteiger partial charge in [-0.2, -0.15) is 0 Å². The number of hydrogen-bond acceptors (Lipinski definition) is 4. The molecule has 0 radical (unpaired) electrons. The third-order valence-corrected chi connectivity index (χ3v) is 3.72. The Morgan fingerprint density at radius 1 is 0.923 bits per heavy atom. The van der Waals surface area contributed by atoms with E-state index in [4.69, 9.17) is 14.2 Å². The van der Waals surface area contributed by atoms with E-state index in [0.29, 0.717) is 37.6 Å². The van der Waals surface area contributed by atoms with Crippen LogP contribution in [-0.2, 0) is 17.8 Å². The van der Waals surface area contributed by atoms with Gasteiger partial charge in [-0.15, -0.1) is 0 Å². The van der Waals surface area contributed by atoms with Crippen molar-refractivity contribution in [3.63, 3.8) is 0 Å². The van der Waals surface area contributed by atoms with Crippen LogP contribution in [0.4, 0.5) is 4.39 Å². The lowest BCUT2D eigenvalue weighted by Gasteiger charge is -2.12. The van der Waals surface area contributed by atoms with Crippen molar-refractivity contribution in [3.05, 3.63) is 53.3 Å². The Balaban J connectivity index is 2.06. The minimum absolute atomic E-state index is 0.0880. The first-order valence-corrected chi connectivity index (χ1v) is 8.82. The lowest BCUT2D eigenvalue weighted by molar-refractivity contribution is -0.116. The number of halogens is 1. The summed E-state index contributed by atoms with van der Waals surface area (Å²) in [5.74, 6) is 1.22. The van der Waals surface area contributed by atoms with Gasteiger partial charge in [0.2, 0.25) is 0 Å². The highest BCUT2D eigenvalue weighted by molar-refractivity contribution is 5.75. The third-order valence-electron chi connectivity index (χ3n) is 3.72. The Morgan fingerprint density at radius 2 is 1.58 bits per heavy atom. The number of carbonyl (C=O) groups excluding carboxylic acids is 1. The number of benzene rings is 2. The molecule has 0 N–H and O–H groups in total. The molecular weight excluding hydrogens is 335 g/mol. The van der Waals surface area contributed by atoms with Gasteiger partial charge in [0, 0.05) is 12.5 Å². The molecule has 0 heterocycles. The van der Waals surface area contributed by atoms with Gasteiger partial charge in [0.05, 0.1) is 13.2 Å². The first-order chi connectivity index (χ1) is 12.5. The monoisotopic (exact) mass is 360 g/mol. The predicted molar refractivity (Wildman–Crippen MR) is 98.5 cm³/mol. The quantitative estimate of drug-likeness (QED) is 0.615. The number of ketones is 1. The molecule has 0 atom stereocenters. The van der Waals surface area contributed by atoms with E-state index in [-0.39, 0.29) is 18.1 Å². The molecule has 0 unspecified atom stereocenters. The van der Waals surface area contributed by atoms with Crippen molar-refractivity contribution >= 4 is 5.78 Å². The normalized spacial score (nSPS) is 10.5. The van der Waals surface area contributed by atoms with Gasteiger partial charge in [-0.3, -0.25) is 0 Å². The third kappa shape index (κ3) is 6.06. The van der Waals surface area contributed by atoms with Crippen molar-refractivity contribution < 1.29 is 23.4 Å². The van der Waals surface area contributed by atoms with E-state index in [1.54, 1.807) is 12.1 Å². The molecule has 5 heteroatoms. The summed E-state index contributed by atoms with van der Waals surface area (Å²) in [5.41, 5.74) is 1.61. The molecule has 0 aliphatic carbocycles. The smallest absolute Gasteiger partial charge is 0.165 e. The summed E-state index contributed by atoms with van der Waals surface area (Å²) < 4.78 is 30.9. The summed E-state index contributed by atoms with van der Waals surface area (Å²) >= 11 is 0. The van der Waals surface area contributed by atoms with Gasteiger partial charge >= 0.3 is 0 Å². The summed E-state index contributed by atoms with van der Waals surface area (Å²) in [6.07, 6.45) is 0.935. The van der Waals surface area contributed by atoms with E-state index in [0.717, 1.165) is 11.1 Å². The first-order valence-electron chi connectivity index (χ1n) is 8.82. The van der Waals surface area contributed by atoms with Gasteiger partial charge in [0.1, 0.15) is 23.9 Å². The molecule has 2 aromatic carbocycles. The van der Waals surface area contributed by atoms with Crippen molar-refractivity contribution in [3.8, 4) is 17.2 Å². The van der Waals surface area contributed by atoms with Crippen LogP contribution in [0.25, 0.3) is 0 Å². The number of hydrogen-bond donors (Lipinski definition) is 0. The molecule has 0 aromatic heterocycles. The van der Waals surface area contributed by atoms with Gasteiger partial charge in [0.25, 0.3) is 0 Å². The van der Waals surface area contributed by atoms with Crippen LogP contribution in [0.15, 0.2) is 36.4 Å².